The van der Waals surface area contributed by atoms with Crippen LogP contribution in [-0.4, -0.2) is 44.1 Å². The molecule has 0 unspecified atom stereocenters. The maximum atomic E-state index is 12.6. The zero-order chi connectivity index (χ0) is 21.8. The van der Waals surface area contributed by atoms with Crippen LogP contribution in [0.3, 0.4) is 0 Å². The van der Waals surface area contributed by atoms with Gasteiger partial charge in [-0.25, -0.2) is 15.0 Å². The number of nitrogens with one attached hydrogen (secondary N) is 1. The lowest BCUT2D eigenvalue weighted by Crippen LogP contribution is -2.41. The van der Waals surface area contributed by atoms with Crippen molar-refractivity contribution in [2.24, 2.45) is 5.92 Å². The largest absolute Gasteiger partial charge is 0.356 e. The molecule has 31 heavy (non-hydrogen) atoms. The van der Waals surface area contributed by atoms with Gasteiger partial charge >= 0.3 is 0 Å². The van der Waals surface area contributed by atoms with Crippen molar-refractivity contribution in [1.82, 2.24) is 30.4 Å². The zero-order valence-corrected chi connectivity index (χ0v) is 18.9. The van der Waals surface area contributed by atoms with E-state index in [1.165, 1.54) is 0 Å². The maximum absolute atomic E-state index is 12.6. The number of rotatable bonds is 7. The van der Waals surface area contributed by atoms with E-state index in [0.29, 0.717) is 24.1 Å². The zero-order valence-electron chi connectivity index (χ0n) is 18.1. The van der Waals surface area contributed by atoms with Gasteiger partial charge in [-0.05, 0) is 33.1 Å². The molecule has 0 saturated carbocycles. The lowest BCUT2D eigenvalue weighted by atomic mass is 9.95. The number of amides is 1. The van der Waals surface area contributed by atoms with Crippen LogP contribution in [-0.2, 0) is 17.8 Å². The van der Waals surface area contributed by atoms with Gasteiger partial charge in [-0.1, -0.05) is 12.1 Å². The van der Waals surface area contributed by atoms with Crippen molar-refractivity contribution in [2.45, 2.75) is 53.0 Å². The van der Waals surface area contributed by atoms with Crippen LogP contribution in [0.15, 0.2) is 16.1 Å². The summed E-state index contributed by atoms with van der Waals surface area (Å²) in [5.41, 5.74) is 1.73. The molecule has 164 valence electrons. The Hall–Kier alpha value is -2.88. The second-order valence-corrected chi connectivity index (χ2v) is 8.72. The van der Waals surface area contributed by atoms with E-state index in [0.717, 1.165) is 60.9 Å². The molecule has 10 heteroatoms. The van der Waals surface area contributed by atoms with E-state index in [9.17, 15) is 4.79 Å². The molecule has 4 rings (SSSR count). The third kappa shape index (κ3) is 5.07. The highest BCUT2D eigenvalue weighted by Crippen LogP contribution is 2.31. The smallest absolute Gasteiger partial charge is 0.263 e. The van der Waals surface area contributed by atoms with Gasteiger partial charge in [0.05, 0.1) is 6.54 Å². The quantitative estimate of drug-likeness (QED) is 0.596. The van der Waals surface area contributed by atoms with Crippen LogP contribution in [0.5, 0.6) is 0 Å². The molecule has 4 heterocycles. The predicted molar refractivity (Wildman–Crippen MR) is 118 cm³/mol. The summed E-state index contributed by atoms with van der Waals surface area (Å²) in [7, 11) is 0. The van der Waals surface area contributed by atoms with E-state index in [2.05, 4.69) is 42.2 Å². The number of carbonyl (C=O) groups excluding carboxylic acids is 1. The Bertz CT molecular complexity index is 1040. The topological polar surface area (TPSA) is 110 Å². The summed E-state index contributed by atoms with van der Waals surface area (Å²) in [5, 5.41) is 10.0. The van der Waals surface area contributed by atoms with Crippen molar-refractivity contribution < 1.29 is 9.32 Å². The molecule has 0 atom stereocenters. The molecule has 1 saturated heterocycles. The molecule has 0 aliphatic carbocycles. The number of anilines is 1. The molecular formula is C21H27N7O2S. The van der Waals surface area contributed by atoms with Crippen molar-refractivity contribution in [2.75, 3.05) is 18.0 Å². The van der Waals surface area contributed by atoms with Gasteiger partial charge in [0.1, 0.15) is 22.2 Å². The van der Waals surface area contributed by atoms with Crippen molar-refractivity contribution in [1.29, 1.82) is 0 Å². The highest BCUT2D eigenvalue weighted by atomic mass is 32.1. The highest BCUT2D eigenvalue weighted by molar-refractivity contribution is 7.09. The number of aromatic nitrogens is 5. The lowest BCUT2D eigenvalue weighted by molar-refractivity contribution is -0.125. The average Bonchev–Trinajstić information content (AvgIpc) is 3.41. The summed E-state index contributed by atoms with van der Waals surface area (Å²) < 4.78 is 5.47. The second-order valence-electron chi connectivity index (χ2n) is 7.78. The molecular weight excluding hydrogens is 414 g/mol. The minimum atomic E-state index is -0.0109. The van der Waals surface area contributed by atoms with Crippen molar-refractivity contribution in [3.05, 3.63) is 33.9 Å². The number of hydrogen-bond donors (Lipinski definition) is 1. The van der Waals surface area contributed by atoms with Gasteiger partial charge in [0, 0.05) is 42.7 Å². The number of carbonyl (C=O) groups is 1. The van der Waals surface area contributed by atoms with Crippen molar-refractivity contribution in [3.63, 3.8) is 0 Å². The van der Waals surface area contributed by atoms with Gasteiger partial charge in [0.15, 0.2) is 5.82 Å². The summed E-state index contributed by atoms with van der Waals surface area (Å²) in [6, 6.07) is 0. The Balaban J connectivity index is 1.41. The van der Waals surface area contributed by atoms with Gasteiger partial charge < -0.3 is 14.7 Å². The van der Waals surface area contributed by atoms with Crippen LogP contribution < -0.4 is 10.2 Å². The number of hydrogen-bond acceptors (Lipinski definition) is 9. The molecule has 1 aliphatic heterocycles. The fraction of sp³-hybridized carbons (Fsp3) is 0.524. The SMILES string of the molecule is CCCc1noc(-c2cnc(C)nc2N2CCC(C(=O)NCc3nc(C)cs3)CC2)n1. The Kier molecular flexibility index (Phi) is 6.55. The van der Waals surface area contributed by atoms with Gasteiger partial charge in [0.25, 0.3) is 5.89 Å². The first-order valence-electron chi connectivity index (χ1n) is 10.6. The summed E-state index contributed by atoms with van der Waals surface area (Å²) >= 11 is 1.57. The first-order valence-corrected chi connectivity index (χ1v) is 11.5. The highest BCUT2D eigenvalue weighted by Gasteiger charge is 2.28. The van der Waals surface area contributed by atoms with Crippen LogP contribution in [0.4, 0.5) is 5.82 Å². The summed E-state index contributed by atoms with van der Waals surface area (Å²) in [6.45, 7) is 7.85. The van der Waals surface area contributed by atoms with Crippen LogP contribution in [0.1, 0.15) is 48.5 Å². The third-order valence-electron chi connectivity index (χ3n) is 5.31. The fourth-order valence-corrected chi connectivity index (χ4v) is 4.39. The molecule has 0 spiro atoms. The molecule has 1 N–H and O–H groups in total. The van der Waals surface area contributed by atoms with Gasteiger partial charge in [0.2, 0.25) is 5.91 Å². The Morgan fingerprint density at radius 1 is 1.26 bits per heavy atom. The molecule has 0 bridgehead atoms. The monoisotopic (exact) mass is 441 g/mol. The molecule has 1 aliphatic rings. The molecule has 1 amide bonds. The van der Waals surface area contributed by atoms with Crippen LogP contribution in [0.25, 0.3) is 11.5 Å². The minimum absolute atomic E-state index is 0.0109. The average molecular weight is 442 g/mol. The molecule has 3 aromatic heterocycles. The first kappa shape index (κ1) is 21.4. The van der Waals surface area contributed by atoms with Crippen molar-refractivity contribution in [3.8, 4) is 11.5 Å². The van der Waals surface area contributed by atoms with Crippen molar-refractivity contribution >= 4 is 23.1 Å². The molecule has 9 nitrogen and oxygen atoms in total. The van der Waals surface area contributed by atoms with E-state index in [4.69, 9.17) is 4.52 Å². The molecule has 1 fully saturated rings. The molecule has 0 aromatic carbocycles. The summed E-state index contributed by atoms with van der Waals surface area (Å²) in [5.74, 6) is 2.69. The Labute approximate surface area is 185 Å². The maximum Gasteiger partial charge on any atom is 0.263 e. The summed E-state index contributed by atoms with van der Waals surface area (Å²) in [6.07, 6.45) is 4.99. The Morgan fingerprint density at radius 2 is 2.06 bits per heavy atom. The standard InChI is InChI=1S/C21H27N7O2S/c1-4-5-17-26-21(30-27-17)16-10-22-14(3)25-19(16)28-8-6-15(7-9-28)20(29)23-11-18-24-13(2)12-31-18/h10,12,15H,4-9,11H2,1-3H3,(H,23,29). The van der Waals surface area contributed by atoms with E-state index in [1.807, 2.05) is 19.2 Å². The Morgan fingerprint density at radius 3 is 2.77 bits per heavy atom. The van der Waals surface area contributed by atoms with E-state index < -0.39 is 0 Å². The van der Waals surface area contributed by atoms with E-state index >= 15 is 0 Å². The molecule has 3 aromatic rings. The first-order chi connectivity index (χ1) is 15.0. The number of aryl methyl sites for hydroxylation is 3. The van der Waals surface area contributed by atoms with Crippen LogP contribution in [0.2, 0.25) is 0 Å². The van der Waals surface area contributed by atoms with Gasteiger partial charge in [-0.2, -0.15) is 4.98 Å². The molecule has 0 radical (unpaired) electrons. The summed E-state index contributed by atoms with van der Waals surface area (Å²) in [4.78, 5) is 32.7. The lowest BCUT2D eigenvalue weighted by Gasteiger charge is -2.32. The second kappa shape index (κ2) is 9.51. The van der Waals surface area contributed by atoms with Gasteiger partial charge in [-0.15, -0.1) is 11.3 Å². The minimum Gasteiger partial charge on any atom is -0.356 e. The van der Waals surface area contributed by atoms with Gasteiger partial charge in [-0.3, -0.25) is 4.79 Å². The number of nitrogens with zero attached hydrogens (tertiary/aromatic N) is 6. The van der Waals surface area contributed by atoms with Crippen LogP contribution in [0, 0.1) is 19.8 Å². The fourth-order valence-electron chi connectivity index (χ4n) is 3.68. The van der Waals surface area contributed by atoms with Crippen LogP contribution >= 0.6 is 11.3 Å². The van der Waals surface area contributed by atoms with E-state index in [1.54, 1.807) is 17.5 Å². The number of thiazole rings is 1. The number of piperidine rings is 1. The normalized spacial score (nSPS) is 14.7. The third-order valence-corrected chi connectivity index (χ3v) is 6.27. The predicted octanol–water partition coefficient (Wildman–Crippen LogP) is 3.09. The van der Waals surface area contributed by atoms with E-state index in [-0.39, 0.29) is 11.8 Å².